The second kappa shape index (κ2) is 8.32. The van der Waals surface area contributed by atoms with Crippen molar-refractivity contribution < 1.29 is 4.79 Å². The number of nitrogens with one attached hydrogen (secondary N) is 1. The third-order valence-corrected chi connectivity index (χ3v) is 6.52. The maximum atomic E-state index is 12.6. The van der Waals surface area contributed by atoms with Crippen LogP contribution in [0.1, 0.15) is 77.7 Å². The van der Waals surface area contributed by atoms with Crippen molar-refractivity contribution in [3.8, 4) is 0 Å². The number of thioether (sulfide) groups is 1. The Morgan fingerprint density at radius 1 is 1.17 bits per heavy atom. The molecule has 0 spiro atoms. The molecule has 0 radical (unpaired) electrons. The van der Waals surface area contributed by atoms with Crippen molar-refractivity contribution in [1.82, 2.24) is 25.5 Å². The van der Waals surface area contributed by atoms with Crippen molar-refractivity contribution in [2.45, 2.75) is 94.1 Å². The van der Waals surface area contributed by atoms with Crippen LogP contribution in [-0.2, 0) is 4.79 Å². The molecule has 3 rings (SSSR count). The standard InChI is InChI=1S/C17H29N5OS/c1-12-8-6-7-11-15(12)18-16(23)13(2)24-17-19-20-21-22(17)14-9-4-3-5-10-14/h12-15H,3-11H2,1-2H3,(H,18,23). The van der Waals surface area contributed by atoms with E-state index in [1.807, 2.05) is 11.6 Å². The lowest BCUT2D eigenvalue weighted by Gasteiger charge is -2.30. The van der Waals surface area contributed by atoms with Gasteiger partial charge in [-0.2, -0.15) is 0 Å². The average molecular weight is 352 g/mol. The van der Waals surface area contributed by atoms with Crippen molar-refractivity contribution in [1.29, 1.82) is 0 Å². The van der Waals surface area contributed by atoms with Crippen LogP contribution in [-0.4, -0.2) is 37.4 Å². The molecule has 7 heteroatoms. The maximum Gasteiger partial charge on any atom is 0.233 e. The zero-order valence-corrected chi connectivity index (χ0v) is 15.6. The molecule has 6 nitrogen and oxygen atoms in total. The summed E-state index contributed by atoms with van der Waals surface area (Å²) in [6.07, 6.45) is 10.9. The van der Waals surface area contributed by atoms with Gasteiger partial charge in [-0.25, -0.2) is 4.68 Å². The Bertz CT molecular complexity index is 543. The molecule has 1 amide bonds. The summed E-state index contributed by atoms with van der Waals surface area (Å²) in [5.74, 6) is 0.685. The third kappa shape index (κ3) is 4.29. The highest BCUT2D eigenvalue weighted by molar-refractivity contribution is 8.00. The molecule has 1 aromatic rings. The molecule has 2 saturated carbocycles. The fraction of sp³-hybridized carbons (Fsp3) is 0.882. The SMILES string of the molecule is CC(Sc1nnnn1C1CCCCC1)C(=O)NC1CCCCC1C. The minimum atomic E-state index is -0.174. The van der Waals surface area contributed by atoms with E-state index < -0.39 is 0 Å². The molecule has 2 aliphatic rings. The molecule has 0 aliphatic heterocycles. The van der Waals surface area contributed by atoms with Gasteiger partial charge < -0.3 is 5.32 Å². The first kappa shape index (κ1) is 17.7. The summed E-state index contributed by atoms with van der Waals surface area (Å²) in [4.78, 5) is 12.6. The summed E-state index contributed by atoms with van der Waals surface area (Å²) >= 11 is 1.48. The van der Waals surface area contributed by atoms with Gasteiger partial charge in [-0.3, -0.25) is 4.79 Å². The van der Waals surface area contributed by atoms with Gasteiger partial charge in [0.25, 0.3) is 0 Å². The van der Waals surface area contributed by atoms with Crippen LogP contribution >= 0.6 is 11.8 Å². The Morgan fingerprint density at radius 2 is 1.88 bits per heavy atom. The van der Waals surface area contributed by atoms with E-state index in [4.69, 9.17) is 0 Å². The van der Waals surface area contributed by atoms with Crippen LogP contribution in [0.3, 0.4) is 0 Å². The van der Waals surface area contributed by atoms with Gasteiger partial charge >= 0.3 is 0 Å². The summed E-state index contributed by atoms with van der Waals surface area (Å²) in [6.45, 7) is 4.19. The van der Waals surface area contributed by atoms with Crippen molar-refractivity contribution in [2.75, 3.05) is 0 Å². The van der Waals surface area contributed by atoms with Crippen LogP contribution in [0.4, 0.5) is 0 Å². The van der Waals surface area contributed by atoms with Crippen LogP contribution in [0.5, 0.6) is 0 Å². The highest BCUT2D eigenvalue weighted by Gasteiger charge is 2.27. The van der Waals surface area contributed by atoms with E-state index in [-0.39, 0.29) is 11.2 Å². The predicted molar refractivity (Wildman–Crippen MR) is 94.8 cm³/mol. The van der Waals surface area contributed by atoms with Gasteiger partial charge in [-0.05, 0) is 49.0 Å². The molecular formula is C17H29N5OS. The Hall–Kier alpha value is -1.11. The van der Waals surface area contributed by atoms with Gasteiger partial charge in [0, 0.05) is 6.04 Å². The van der Waals surface area contributed by atoms with Crippen LogP contribution in [0, 0.1) is 5.92 Å². The Labute approximate surface area is 148 Å². The molecule has 0 aromatic carbocycles. The van der Waals surface area contributed by atoms with Gasteiger partial charge in [0.1, 0.15) is 0 Å². The number of rotatable bonds is 5. The zero-order valence-electron chi connectivity index (χ0n) is 14.8. The van der Waals surface area contributed by atoms with Gasteiger partial charge in [0.15, 0.2) is 0 Å². The fourth-order valence-corrected chi connectivity index (χ4v) is 4.73. The summed E-state index contributed by atoms with van der Waals surface area (Å²) in [6, 6.07) is 0.716. The molecule has 134 valence electrons. The first-order chi connectivity index (χ1) is 11.6. The largest absolute Gasteiger partial charge is 0.352 e. The molecule has 2 fully saturated rings. The van der Waals surface area contributed by atoms with Crippen molar-refractivity contribution in [3.05, 3.63) is 0 Å². The molecular weight excluding hydrogens is 322 g/mol. The Morgan fingerprint density at radius 3 is 2.62 bits per heavy atom. The number of aromatic nitrogens is 4. The van der Waals surface area contributed by atoms with Gasteiger partial charge in [0.05, 0.1) is 11.3 Å². The van der Waals surface area contributed by atoms with Gasteiger partial charge in [-0.1, -0.05) is 50.8 Å². The van der Waals surface area contributed by atoms with Crippen LogP contribution in [0.2, 0.25) is 0 Å². The van der Waals surface area contributed by atoms with Gasteiger partial charge in [0.2, 0.25) is 11.1 Å². The van der Waals surface area contributed by atoms with E-state index in [0.717, 1.165) is 24.4 Å². The zero-order chi connectivity index (χ0) is 16.9. The monoisotopic (exact) mass is 351 g/mol. The number of carbonyl (C=O) groups excluding carboxylic acids is 1. The summed E-state index contributed by atoms with van der Waals surface area (Å²) < 4.78 is 1.94. The summed E-state index contributed by atoms with van der Waals surface area (Å²) in [5.41, 5.74) is 0. The second-order valence-corrected chi connectivity index (χ2v) is 8.64. The van der Waals surface area contributed by atoms with Crippen LogP contribution in [0.25, 0.3) is 0 Å². The normalized spacial score (nSPS) is 26.9. The van der Waals surface area contributed by atoms with Crippen LogP contribution < -0.4 is 5.32 Å². The van der Waals surface area contributed by atoms with E-state index >= 15 is 0 Å². The van der Waals surface area contributed by atoms with Crippen molar-refractivity contribution >= 4 is 17.7 Å². The van der Waals surface area contributed by atoms with E-state index in [0.29, 0.717) is 18.0 Å². The minimum Gasteiger partial charge on any atom is -0.352 e. The molecule has 0 bridgehead atoms. The van der Waals surface area contributed by atoms with Gasteiger partial charge in [-0.15, -0.1) is 5.10 Å². The molecule has 3 atom stereocenters. The topological polar surface area (TPSA) is 72.7 Å². The smallest absolute Gasteiger partial charge is 0.233 e. The Kier molecular flexibility index (Phi) is 6.14. The number of hydrogen-bond donors (Lipinski definition) is 1. The van der Waals surface area contributed by atoms with Crippen molar-refractivity contribution in [3.63, 3.8) is 0 Å². The average Bonchev–Trinajstić information content (AvgIpc) is 3.05. The molecule has 0 saturated heterocycles. The van der Waals surface area contributed by atoms with E-state index in [1.54, 1.807) is 0 Å². The number of amides is 1. The predicted octanol–water partition coefficient (Wildman–Crippen LogP) is 3.35. The third-order valence-electron chi connectivity index (χ3n) is 5.47. The molecule has 1 N–H and O–H groups in total. The lowest BCUT2D eigenvalue weighted by Crippen LogP contribution is -2.44. The summed E-state index contributed by atoms with van der Waals surface area (Å²) in [5, 5.41) is 16.0. The van der Waals surface area contributed by atoms with Crippen LogP contribution in [0.15, 0.2) is 5.16 Å². The molecule has 1 aromatic heterocycles. The van der Waals surface area contributed by atoms with E-state index in [9.17, 15) is 4.79 Å². The first-order valence-electron chi connectivity index (χ1n) is 9.40. The molecule has 1 heterocycles. The summed E-state index contributed by atoms with van der Waals surface area (Å²) in [7, 11) is 0. The van der Waals surface area contributed by atoms with Crippen molar-refractivity contribution in [2.24, 2.45) is 5.92 Å². The number of tetrazole rings is 1. The van der Waals surface area contributed by atoms with E-state index in [2.05, 4.69) is 27.8 Å². The highest BCUT2D eigenvalue weighted by Crippen LogP contribution is 2.31. The quantitative estimate of drug-likeness (QED) is 0.824. The molecule has 24 heavy (non-hydrogen) atoms. The number of nitrogens with zero attached hydrogens (tertiary/aromatic N) is 4. The first-order valence-corrected chi connectivity index (χ1v) is 10.3. The lowest BCUT2D eigenvalue weighted by molar-refractivity contribution is -0.121. The highest BCUT2D eigenvalue weighted by atomic mass is 32.2. The number of hydrogen-bond acceptors (Lipinski definition) is 5. The maximum absolute atomic E-state index is 12.6. The number of carbonyl (C=O) groups is 1. The molecule has 3 unspecified atom stereocenters. The second-order valence-electron chi connectivity index (χ2n) is 7.33. The fourth-order valence-electron chi connectivity index (χ4n) is 3.86. The van der Waals surface area contributed by atoms with E-state index in [1.165, 1.54) is 50.3 Å². The minimum absolute atomic E-state index is 0.108. The molecule has 2 aliphatic carbocycles. The Balaban J connectivity index is 1.57. The lowest BCUT2D eigenvalue weighted by atomic mass is 9.86.